The van der Waals surface area contributed by atoms with Gasteiger partial charge in [0, 0.05) is 11.3 Å². The molecule has 1 fully saturated rings. The number of rotatable bonds is 4. The molecule has 5 heteroatoms. The number of hydrogen-bond acceptors (Lipinski definition) is 5. The van der Waals surface area contributed by atoms with E-state index in [1.54, 1.807) is 11.3 Å². The van der Waals surface area contributed by atoms with Crippen molar-refractivity contribution < 1.29 is 9.53 Å². The molecule has 0 unspecified atom stereocenters. The van der Waals surface area contributed by atoms with E-state index in [4.69, 9.17) is 4.98 Å². The third-order valence-corrected chi connectivity index (χ3v) is 5.91. The quantitative estimate of drug-likeness (QED) is 0.533. The Kier molecular flexibility index (Phi) is 7.77. The molecule has 1 N–H and O–H groups in total. The van der Waals surface area contributed by atoms with E-state index in [0.29, 0.717) is 12.4 Å². The molecule has 4 rings (SSSR count). The fourth-order valence-electron chi connectivity index (χ4n) is 3.35. The Morgan fingerprint density at radius 1 is 1.07 bits per heavy atom. The van der Waals surface area contributed by atoms with Gasteiger partial charge in [0.1, 0.15) is 5.60 Å². The van der Waals surface area contributed by atoms with Crippen molar-refractivity contribution in [2.45, 2.75) is 45.1 Å². The summed E-state index contributed by atoms with van der Waals surface area (Å²) in [6, 6.07) is 15.0. The minimum absolute atomic E-state index is 0.318. The molecule has 1 saturated heterocycles. The van der Waals surface area contributed by atoms with E-state index in [2.05, 4.69) is 70.1 Å². The first kappa shape index (κ1) is 22.2. The SMILES string of the molecule is C(=C\c1cccc2ccccc12)/c1csc(C2CCNCC2)n1.CC(C)(C)OC=O. The van der Waals surface area contributed by atoms with Crippen molar-refractivity contribution in [3.8, 4) is 0 Å². The summed E-state index contributed by atoms with van der Waals surface area (Å²) in [6.45, 7) is 8.15. The predicted molar refractivity (Wildman–Crippen MR) is 127 cm³/mol. The molecule has 1 aliphatic rings. The summed E-state index contributed by atoms with van der Waals surface area (Å²) in [6.07, 6.45) is 6.74. The molecule has 0 radical (unpaired) electrons. The lowest BCUT2D eigenvalue weighted by molar-refractivity contribution is -0.138. The topological polar surface area (TPSA) is 51.2 Å². The molecule has 1 aliphatic heterocycles. The number of thiazole rings is 1. The molecule has 158 valence electrons. The van der Waals surface area contributed by atoms with E-state index in [1.807, 2.05) is 20.8 Å². The van der Waals surface area contributed by atoms with Crippen LogP contribution in [0.5, 0.6) is 0 Å². The van der Waals surface area contributed by atoms with Crippen molar-refractivity contribution in [1.29, 1.82) is 0 Å². The van der Waals surface area contributed by atoms with Crippen molar-refractivity contribution in [1.82, 2.24) is 10.3 Å². The van der Waals surface area contributed by atoms with Crippen molar-refractivity contribution >= 4 is 40.7 Å². The maximum absolute atomic E-state index is 9.60. The number of benzene rings is 2. The lowest BCUT2D eigenvalue weighted by Gasteiger charge is -2.20. The molecular formula is C25H30N2O2S. The van der Waals surface area contributed by atoms with E-state index in [0.717, 1.165) is 18.8 Å². The zero-order chi connectivity index (χ0) is 21.4. The lowest BCUT2D eigenvalue weighted by Crippen LogP contribution is -2.26. The minimum Gasteiger partial charge on any atom is -0.462 e. The van der Waals surface area contributed by atoms with Gasteiger partial charge in [-0.25, -0.2) is 4.98 Å². The third-order valence-electron chi connectivity index (χ3n) is 4.89. The van der Waals surface area contributed by atoms with Gasteiger partial charge >= 0.3 is 0 Å². The smallest absolute Gasteiger partial charge is 0.293 e. The molecule has 2 aromatic carbocycles. The monoisotopic (exact) mass is 422 g/mol. The first-order chi connectivity index (χ1) is 14.5. The van der Waals surface area contributed by atoms with E-state index < -0.39 is 0 Å². The van der Waals surface area contributed by atoms with Crippen LogP contribution in [0.2, 0.25) is 0 Å². The van der Waals surface area contributed by atoms with Gasteiger partial charge in [-0.3, -0.25) is 4.79 Å². The molecule has 1 aromatic heterocycles. The van der Waals surface area contributed by atoms with E-state index in [-0.39, 0.29) is 5.60 Å². The minimum atomic E-state index is -0.318. The Morgan fingerprint density at radius 2 is 1.80 bits per heavy atom. The summed E-state index contributed by atoms with van der Waals surface area (Å²) < 4.78 is 4.55. The first-order valence-electron chi connectivity index (χ1n) is 10.4. The summed E-state index contributed by atoms with van der Waals surface area (Å²) in [7, 11) is 0. The van der Waals surface area contributed by atoms with Crippen LogP contribution in [-0.2, 0) is 9.53 Å². The van der Waals surface area contributed by atoms with Crippen molar-refractivity contribution in [3.63, 3.8) is 0 Å². The van der Waals surface area contributed by atoms with Crippen LogP contribution in [0.1, 0.15) is 55.8 Å². The summed E-state index contributed by atoms with van der Waals surface area (Å²) in [5, 5.41) is 9.47. The van der Waals surface area contributed by atoms with Gasteiger partial charge in [-0.15, -0.1) is 11.3 Å². The highest BCUT2D eigenvalue weighted by atomic mass is 32.1. The van der Waals surface area contributed by atoms with Gasteiger partial charge < -0.3 is 10.1 Å². The van der Waals surface area contributed by atoms with Crippen LogP contribution in [0.4, 0.5) is 0 Å². The Hall–Kier alpha value is -2.50. The molecule has 0 amide bonds. The number of fused-ring (bicyclic) bond motifs is 1. The summed E-state index contributed by atoms with van der Waals surface area (Å²) >= 11 is 1.80. The molecule has 3 aromatic rings. The normalized spacial score (nSPS) is 15.0. The average molecular weight is 423 g/mol. The molecule has 0 bridgehead atoms. The van der Waals surface area contributed by atoms with Crippen LogP contribution in [0.25, 0.3) is 22.9 Å². The summed E-state index contributed by atoms with van der Waals surface area (Å²) in [5.41, 5.74) is 2.01. The number of carbonyl (C=O) groups is 1. The van der Waals surface area contributed by atoms with Crippen LogP contribution in [0.15, 0.2) is 47.8 Å². The van der Waals surface area contributed by atoms with Gasteiger partial charge in [-0.2, -0.15) is 0 Å². The van der Waals surface area contributed by atoms with Crippen LogP contribution < -0.4 is 5.32 Å². The van der Waals surface area contributed by atoms with Gasteiger partial charge in [-0.05, 0) is 69.1 Å². The maximum atomic E-state index is 9.60. The van der Waals surface area contributed by atoms with E-state index in [1.165, 1.54) is 34.2 Å². The van der Waals surface area contributed by atoms with Gasteiger partial charge in [0.2, 0.25) is 0 Å². The van der Waals surface area contributed by atoms with Crippen molar-refractivity contribution in [2.24, 2.45) is 0 Å². The van der Waals surface area contributed by atoms with Crippen LogP contribution in [0.3, 0.4) is 0 Å². The second-order valence-electron chi connectivity index (χ2n) is 8.36. The number of carbonyl (C=O) groups excluding carboxylic acids is 1. The molecular weight excluding hydrogens is 392 g/mol. The van der Waals surface area contributed by atoms with Gasteiger partial charge in [0.05, 0.1) is 10.7 Å². The molecule has 30 heavy (non-hydrogen) atoms. The zero-order valence-electron chi connectivity index (χ0n) is 17.9. The van der Waals surface area contributed by atoms with Gasteiger partial charge in [0.25, 0.3) is 6.47 Å². The molecule has 4 nitrogen and oxygen atoms in total. The number of ether oxygens (including phenoxy) is 1. The van der Waals surface area contributed by atoms with Crippen LogP contribution in [-0.4, -0.2) is 30.1 Å². The Morgan fingerprint density at radius 3 is 2.50 bits per heavy atom. The Labute approximate surface area is 183 Å². The number of nitrogens with zero attached hydrogens (tertiary/aromatic N) is 1. The highest BCUT2D eigenvalue weighted by molar-refractivity contribution is 7.09. The number of hydrogen-bond donors (Lipinski definition) is 1. The van der Waals surface area contributed by atoms with Crippen molar-refractivity contribution in [3.05, 3.63) is 64.1 Å². The second kappa shape index (κ2) is 10.5. The summed E-state index contributed by atoms with van der Waals surface area (Å²) in [5.74, 6) is 0.640. The van der Waals surface area contributed by atoms with E-state index in [9.17, 15) is 4.79 Å². The van der Waals surface area contributed by atoms with Crippen LogP contribution in [0, 0.1) is 0 Å². The van der Waals surface area contributed by atoms with Crippen LogP contribution >= 0.6 is 11.3 Å². The van der Waals surface area contributed by atoms with Gasteiger partial charge in [-0.1, -0.05) is 48.5 Å². The Bertz CT molecular complexity index is 977. The number of aromatic nitrogens is 1. The number of piperidine rings is 1. The van der Waals surface area contributed by atoms with Gasteiger partial charge in [0.15, 0.2) is 0 Å². The molecule has 2 heterocycles. The fraction of sp³-hybridized carbons (Fsp3) is 0.360. The average Bonchev–Trinajstić information content (AvgIpc) is 3.22. The molecule has 0 saturated carbocycles. The fourth-order valence-corrected chi connectivity index (χ4v) is 4.31. The van der Waals surface area contributed by atoms with E-state index >= 15 is 0 Å². The lowest BCUT2D eigenvalue weighted by atomic mass is 9.99. The first-order valence-corrected chi connectivity index (χ1v) is 11.3. The third kappa shape index (κ3) is 6.51. The second-order valence-corrected chi connectivity index (χ2v) is 9.25. The molecule has 0 aliphatic carbocycles. The highest BCUT2D eigenvalue weighted by Gasteiger charge is 2.17. The maximum Gasteiger partial charge on any atom is 0.293 e. The zero-order valence-corrected chi connectivity index (χ0v) is 18.7. The largest absolute Gasteiger partial charge is 0.462 e. The molecule has 0 spiro atoms. The standard InChI is InChI=1S/C20H20N2S.C5H10O2/c1-2-7-19-15(4-1)5-3-6-16(19)8-9-18-14-23-20(22-18)17-10-12-21-13-11-17;1-5(2,3)7-4-6/h1-9,14,17,21H,10-13H2;4H,1-3H3/b9-8+;. The Balaban J connectivity index is 0.000000318. The summed E-state index contributed by atoms with van der Waals surface area (Å²) in [4.78, 5) is 14.4. The van der Waals surface area contributed by atoms with Crippen molar-refractivity contribution in [2.75, 3.05) is 13.1 Å². The number of nitrogens with one attached hydrogen (secondary N) is 1. The highest BCUT2D eigenvalue weighted by Crippen LogP contribution is 2.28. The predicted octanol–water partition coefficient (Wildman–Crippen LogP) is 5.89. The molecule has 0 atom stereocenters.